The van der Waals surface area contributed by atoms with Crippen LogP contribution in [0.2, 0.25) is 0 Å². The topological polar surface area (TPSA) is 90.2 Å². The van der Waals surface area contributed by atoms with Gasteiger partial charge in [0.1, 0.15) is 0 Å². The van der Waals surface area contributed by atoms with E-state index in [1.165, 1.54) is 0 Å². The number of aliphatic hydroxyl groups is 2. The van der Waals surface area contributed by atoms with Gasteiger partial charge in [0.2, 0.25) is 0 Å². The van der Waals surface area contributed by atoms with Crippen LogP contribution in [0.3, 0.4) is 0 Å². The van der Waals surface area contributed by atoms with E-state index < -0.39 is 11.7 Å². The van der Waals surface area contributed by atoms with E-state index in [2.05, 4.69) is 0 Å². The molecule has 0 aliphatic carbocycles. The Morgan fingerprint density at radius 1 is 1.40 bits per heavy atom. The van der Waals surface area contributed by atoms with Crippen LogP contribution in [-0.4, -0.2) is 64.8 Å². The smallest absolute Gasteiger partial charge is 0.407 e. The summed E-state index contributed by atoms with van der Waals surface area (Å²) in [6.07, 6.45) is -0.256. The summed E-state index contributed by atoms with van der Waals surface area (Å²) >= 11 is 0. The van der Waals surface area contributed by atoms with Crippen molar-refractivity contribution in [3.63, 3.8) is 0 Å². The average molecular weight is 219 g/mol. The van der Waals surface area contributed by atoms with E-state index >= 15 is 0 Å². The Bertz CT molecular complexity index is 215. The molecule has 0 unspecified atom stereocenters. The van der Waals surface area contributed by atoms with Crippen LogP contribution in [0.25, 0.3) is 0 Å². The van der Waals surface area contributed by atoms with Gasteiger partial charge in [-0.15, -0.1) is 0 Å². The number of rotatable bonds is 4. The number of ether oxygens (including phenoxy) is 1. The largest absolute Gasteiger partial charge is 0.465 e. The molecule has 0 saturated carbocycles. The zero-order chi connectivity index (χ0) is 11.3. The SMILES string of the molecule is O=C(O)N(CCO)CC1(O)CCOCC1. The van der Waals surface area contributed by atoms with Crippen LogP contribution in [0.1, 0.15) is 12.8 Å². The molecule has 1 heterocycles. The molecule has 0 aromatic rings. The Morgan fingerprint density at radius 3 is 2.47 bits per heavy atom. The molecule has 0 atom stereocenters. The minimum Gasteiger partial charge on any atom is -0.465 e. The number of hydrogen-bond donors (Lipinski definition) is 3. The molecule has 6 nitrogen and oxygen atoms in total. The molecule has 0 radical (unpaired) electrons. The number of nitrogens with zero attached hydrogens (tertiary/aromatic N) is 1. The quantitative estimate of drug-likeness (QED) is 0.593. The fourth-order valence-corrected chi connectivity index (χ4v) is 1.63. The van der Waals surface area contributed by atoms with Crippen molar-refractivity contribution in [1.82, 2.24) is 4.90 Å². The van der Waals surface area contributed by atoms with Crippen molar-refractivity contribution in [3.8, 4) is 0 Å². The second kappa shape index (κ2) is 5.29. The first kappa shape index (κ1) is 12.2. The molecule has 1 fully saturated rings. The van der Waals surface area contributed by atoms with Crippen LogP contribution in [0.15, 0.2) is 0 Å². The van der Waals surface area contributed by atoms with E-state index in [9.17, 15) is 9.90 Å². The molecule has 3 N–H and O–H groups in total. The number of amides is 1. The van der Waals surface area contributed by atoms with Gasteiger partial charge in [-0.2, -0.15) is 0 Å². The first-order valence-electron chi connectivity index (χ1n) is 4.96. The molecule has 6 heteroatoms. The Balaban J connectivity index is 2.51. The number of carbonyl (C=O) groups is 1. The van der Waals surface area contributed by atoms with Crippen molar-refractivity contribution in [2.75, 3.05) is 32.9 Å². The molecule has 0 spiro atoms. The van der Waals surface area contributed by atoms with Gasteiger partial charge in [-0.05, 0) is 0 Å². The molecule has 0 bridgehead atoms. The third-order valence-corrected chi connectivity index (χ3v) is 2.55. The van der Waals surface area contributed by atoms with Crippen LogP contribution in [0, 0.1) is 0 Å². The minimum absolute atomic E-state index is 0.0263. The van der Waals surface area contributed by atoms with Gasteiger partial charge >= 0.3 is 6.09 Å². The van der Waals surface area contributed by atoms with Crippen LogP contribution in [0.4, 0.5) is 4.79 Å². The van der Waals surface area contributed by atoms with Gasteiger partial charge in [0.05, 0.1) is 18.8 Å². The lowest BCUT2D eigenvalue weighted by Gasteiger charge is -2.35. The highest BCUT2D eigenvalue weighted by Gasteiger charge is 2.33. The summed E-state index contributed by atoms with van der Waals surface area (Å²) in [5.74, 6) is 0. The third-order valence-electron chi connectivity index (χ3n) is 2.55. The predicted octanol–water partition coefficient (Wildman–Crippen LogP) is -0.500. The van der Waals surface area contributed by atoms with Crippen molar-refractivity contribution in [2.45, 2.75) is 18.4 Å². The molecule has 1 aliphatic heterocycles. The monoisotopic (exact) mass is 219 g/mol. The maximum atomic E-state index is 10.8. The maximum absolute atomic E-state index is 10.8. The average Bonchev–Trinajstić information content (AvgIpc) is 2.18. The van der Waals surface area contributed by atoms with E-state index in [-0.39, 0.29) is 19.7 Å². The Labute approximate surface area is 88.1 Å². The van der Waals surface area contributed by atoms with Crippen molar-refractivity contribution in [2.24, 2.45) is 0 Å². The van der Waals surface area contributed by atoms with Crippen molar-refractivity contribution >= 4 is 6.09 Å². The van der Waals surface area contributed by atoms with E-state index in [1.54, 1.807) is 0 Å². The fraction of sp³-hybridized carbons (Fsp3) is 0.889. The highest BCUT2D eigenvalue weighted by atomic mass is 16.5. The van der Waals surface area contributed by atoms with Gasteiger partial charge in [-0.1, -0.05) is 0 Å². The molecule has 15 heavy (non-hydrogen) atoms. The number of aliphatic hydroxyl groups excluding tert-OH is 1. The third kappa shape index (κ3) is 3.65. The first-order chi connectivity index (χ1) is 7.07. The Morgan fingerprint density at radius 2 is 2.00 bits per heavy atom. The highest BCUT2D eigenvalue weighted by molar-refractivity contribution is 5.65. The molecule has 1 aliphatic rings. The van der Waals surface area contributed by atoms with Crippen LogP contribution >= 0.6 is 0 Å². The van der Waals surface area contributed by atoms with Gasteiger partial charge in [0, 0.05) is 32.6 Å². The lowest BCUT2D eigenvalue weighted by Crippen LogP contribution is -2.49. The molecule has 0 aromatic carbocycles. The van der Waals surface area contributed by atoms with E-state index in [1.807, 2.05) is 0 Å². The van der Waals surface area contributed by atoms with Crippen molar-refractivity contribution in [1.29, 1.82) is 0 Å². The van der Waals surface area contributed by atoms with Crippen LogP contribution in [-0.2, 0) is 4.74 Å². The van der Waals surface area contributed by atoms with Crippen molar-refractivity contribution in [3.05, 3.63) is 0 Å². The van der Waals surface area contributed by atoms with E-state index in [0.29, 0.717) is 26.1 Å². The van der Waals surface area contributed by atoms with Gasteiger partial charge < -0.3 is 25.0 Å². The van der Waals surface area contributed by atoms with Gasteiger partial charge in [0.25, 0.3) is 0 Å². The zero-order valence-corrected chi connectivity index (χ0v) is 8.56. The molecule has 1 amide bonds. The normalized spacial score (nSPS) is 19.9. The van der Waals surface area contributed by atoms with Crippen LogP contribution in [0.5, 0.6) is 0 Å². The first-order valence-corrected chi connectivity index (χ1v) is 4.96. The van der Waals surface area contributed by atoms with Gasteiger partial charge in [-0.3, -0.25) is 0 Å². The molecular formula is C9H17NO5. The van der Waals surface area contributed by atoms with Gasteiger partial charge in [0.15, 0.2) is 0 Å². The standard InChI is InChI=1S/C9H17NO5/c11-4-3-10(8(12)13)7-9(14)1-5-15-6-2-9/h11,14H,1-7H2,(H,12,13). The summed E-state index contributed by atoms with van der Waals surface area (Å²) in [7, 11) is 0. The number of hydrogen-bond acceptors (Lipinski definition) is 4. The number of carboxylic acid groups (broad SMARTS) is 1. The molecule has 0 aromatic heterocycles. The fourth-order valence-electron chi connectivity index (χ4n) is 1.63. The molecule has 1 rings (SSSR count). The molecular weight excluding hydrogens is 202 g/mol. The summed E-state index contributed by atoms with van der Waals surface area (Å²) in [5.41, 5.74) is -1.01. The molecule has 1 saturated heterocycles. The van der Waals surface area contributed by atoms with Gasteiger partial charge in [-0.25, -0.2) is 4.79 Å². The Kier molecular flexibility index (Phi) is 4.31. The Hall–Kier alpha value is -0.850. The molecule has 88 valence electrons. The minimum atomic E-state index is -1.12. The van der Waals surface area contributed by atoms with E-state index in [4.69, 9.17) is 14.9 Å². The zero-order valence-electron chi connectivity index (χ0n) is 8.56. The summed E-state index contributed by atoms with van der Waals surface area (Å²) in [6, 6.07) is 0. The summed E-state index contributed by atoms with van der Waals surface area (Å²) in [4.78, 5) is 11.8. The summed E-state index contributed by atoms with van der Waals surface area (Å²) in [6.45, 7) is 0.718. The summed E-state index contributed by atoms with van der Waals surface area (Å²) < 4.78 is 5.09. The van der Waals surface area contributed by atoms with E-state index in [0.717, 1.165) is 4.90 Å². The van der Waals surface area contributed by atoms with Crippen LogP contribution < -0.4 is 0 Å². The second-order valence-electron chi connectivity index (χ2n) is 3.76. The predicted molar refractivity (Wildman–Crippen MR) is 51.7 cm³/mol. The maximum Gasteiger partial charge on any atom is 0.407 e. The lowest BCUT2D eigenvalue weighted by molar-refractivity contribution is -0.0775. The summed E-state index contributed by atoms with van der Waals surface area (Å²) in [5, 5.41) is 27.6. The van der Waals surface area contributed by atoms with Crippen molar-refractivity contribution < 1.29 is 24.9 Å². The highest BCUT2D eigenvalue weighted by Crippen LogP contribution is 2.21. The lowest BCUT2D eigenvalue weighted by atomic mass is 9.94. The second-order valence-corrected chi connectivity index (χ2v) is 3.76.